The van der Waals surface area contributed by atoms with Crippen LogP contribution in [0.5, 0.6) is 40.2 Å². The smallest absolute Gasteiger partial charge is 0.264 e. The van der Waals surface area contributed by atoms with Gasteiger partial charge in [0.1, 0.15) is 40.2 Å². The van der Waals surface area contributed by atoms with Crippen LogP contribution in [0.1, 0.15) is 459 Å². The molecular formula is C117H178N4O10S. The van der Waals surface area contributed by atoms with E-state index in [-0.39, 0.29) is 6.61 Å². The van der Waals surface area contributed by atoms with Crippen molar-refractivity contribution in [2.75, 3.05) is 59.1 Å². The first-order chi connectivity index (χ1) is 65.0. The van der Waals surface area contributed by atoms with Gasteiger partial charge >= 0.3 is 0 Å². The Hall–Kier alpha value is -8.01. The lowest BCUT2D eigenvalue weighted by Crippen LogP contribution is -2.19. The number of nitrogens with one attached hydrogen (secondary N) is 4. The van der Waals surface area contributed by atoms with Crippen LogP contribution in [-0.4, -0.2) is 87.5 Å². The third-order valence-corrected chi connectivity index (χ3v) is 26.8. The summed E-state index contributed by atoms with van der Waals surface area (Å²) in [5, 5.41) is 3.75. The zero-order valence-corrected chi connectivity index (χ0v) is 84.6. The standard InChI is InChI=1S/C117H178N4O10S/c1-8-14-20-26-32-42-51-59-79-125-100-86-96(87-101(92-100)126-80-60-52-43-33-27-21-15-9-2)115-108-72-70-106(118-108)114(95-66-68-99(69-67-95)124-78-58-50-48-40-38-39-41-49-57-65-85-131-132(7,122)123)107-71-73-109(119-107)116(97-88-102(127-81-61-53-44-34-28-22-16-10-3)93-103(89-97)128-82-62-54-45-35-29-23-17-11-4)111-75-77-113(121-111)117(112-76-74-110(115)120-112)98-90-104(129-83-63-55-46-36-30-24-18-12-5)94-105(91-98)130-84-64-56-47-37-31-25-19-13-6/h66-77,86-94,118-121H,8-65,78-85H2,1-7H3. The number of fused-ring (bicyclic) bond motifs is 8. The van der Waals surface area contributed by atoms with E-state index in [1.165, 1.54) is 257 Å². The summed E-state index contributed by atoms with van der Waals surface area (Å²) >= 11 is 0. The van der Waals surface area contributed by atoms with Crippen molar-refractivity contribution in [3.8, 4) is 40.2 Å². The predicted octanol–water partition coefficient (Wildman–Crippen LogP) is 30.7. The fourth-order valence-electron chi connectivity index (χ4n) is 18.5. The van der Waals surface area contributed by atoms with E-state index in [1.807, 2.05) is 0 Å². The predicted molar refractivity (Wildman–Crippen MR) is 555 cm³/mol. The van der Waals surface area contributed by atoms with Gasteiger partial charge in [0.2, 0.25) is 0 Å². The number of H-pyrrole nitrogens is 4. The Balaban J connectivity index is 1.20. The molecule has 0 saturated carbocycles. The molecule has 0 fully saturated rings. The molecule has 4 N–H and O–H groups in total. The molecule has 0 spiro atoms. The molecule has 9 rings (SSSR count). The number of aromatic nitrogens is 4. The van der Waals surface area contributed by atoms with Crippen LogP contribution in [-0.2, 0) is 14.3 Å². The SMILES string of the molecule is CCCCCCCCCCOc1cc(OCCCCCCCCCC)cc(C2=c3ccc([nH]3)=C(c3ccc(OCCCCCCCCCCCCOS(C)(=O)=O)cc3)c3ccc([nH]3)C(c3cc(OCCCCCCCCCC)cc(OCCCCCCCCCC)c3)=c3ccc([nH]3)=C(c3cc(OCCCCCCCCCC)cc(OCCCCCCCCCC)c3)c3ccc2[nH]3)c1. The van der Waals surface area contributed by atoms with Crippen LogP contribution in [0.4, 0.5) is 0 Å². The molecule has 0 unspecified atom stereocenters. The molecule has 8 bridgehead atoms. The quantitative estimate of drug-likeness (QED) is 0.0212. The van der Waals surface area contributed by atoms with Crippen LogP contribution in [0.25, 0.3) is 22.3 Å². The third-order valence-electron chi connectivity index (χ3n) is 26.3. The highest BCUT2D eigenvalue weighted by atomic mass is 32.2. The topological polar surface area (TPSA) is 171 Å². The Morgan fingerprint density at radius 1 is 0.189 bits per heavy atom. The maximum absolute atomic E-state index is 11.4. The van der Waals surface area contributed by atoms with E-state index in [9.17, 15) is 8.42 Å². The molecular weight excluding hydrogens is 1650 g/mol. The maximum atomic E-state index is 11.4. The maximum Gasteiger partial charge on any atom is 0.264 e. The molecule has 0 aliphatic carbocycles. The molecule has 0 saturated heterocycles. The lowest BCUT2D eigenvalue weighted by Gasteiger charge is -2.15. The van der Waals surface area contributed by atoms with Gasteiger partial charge < -0.3 is 53.1 Å². The molecule has 132 heavy (non-hydrogen) atoms. The van der Waals surface area contributed by atoms with E-state index in [2.05, 4.69) is 189 Å². The molecule has 4 aromatic heterocycles. The van der Waals surface area contributed by atoms with Gasteiger partial charge in [-0.2, -0.15) is 8.42 Å². The normalized spacial score (nSPS) is 12.3. The van der Waals surface area contributed by atoms with Crippen LogP contribution >= 0.6 is 0 Å². The summed E-state index contributed by atoms with van der Waals surface area (Å²) in [5.41, 5.74) is 11.7. The van der Waals surface area contributed by atoms with Crippen molar-refractivity contribution in [1.29, 1.82) is 0 Å². The molecule has 0 radical (unpaired) electrons. The van der Waals surface area contributed by atoms with Gasteiger partial charge in [-0.15, -0.1) is 0 Å². The Labute approximate surface area is 800 Å². The molecule has 0 amide bonds. The van der Waals surface area contributed by atoms with Gasteiger partial charge in [-0.25, -0.2) is 0 Å². The fraction of sp³-hybridized carbons (Fsp3) is 0.624. The van der Waals surface area contributed by atoms with E-state index < -0.39 is 10.1 Å². The van der Waals surface area contributed by atoms with E-state index in [0.717, 1.165) is 251 Å². The van der Waals surface area contributed by atoms with Crippen molar-refractivity contribution in [2.45, 2.75) is 414 Å². The van der Waals surface area contributed by atoms with Crippen molar-refractivity contribution in [3.05, 3.63) is 194 Å². The average Bonchev–Trinajstić information content (AvgIpc) is 1.58. The number of unbranched alkanes of at least 4 members (excludes halogenated alkanes) is 51. The molecule has 5 heterocycles. The zero-order valence-electron chi connectivity index (χ0n) is 83.8. The van der Waals surface area contributed by atoms with Crippen molar-refractivity contribution >= 4 is 32.4 Å². The van der Waals surface area contributed by atoms with Crippen molar-refractivity contribution in [2.24, 2.45) is 0 Å². The first-order valence-corrected chi connectivity index (χ1v) is 55.9. The second kappa shape index (κ2) is 66.4. The van der Waals surface area contributed by atoms with E-state index in [4.69, 9.17) is 37.3 Å². The molecule has 1 aliphatic heterocycles. The van der Waals surface area contributed by atoms with Crippen LogP contribution < -0.4 is 54.6 Å². The van der Waals surface area contributed by atoms with Crippen LogP contribution in [0.3, 0.4) is 0 Å². The fourth-order valence-corrected chi connectivity index (χ4v) is 18.9. The number of benzene rings is 4. The van der Waals surface area contributed by atoms with Crippen molar-refractivity contribution in [3.63, 3.8) is 0 Å². The molecule has 1 aliphatic rings. The Morgan fingerprint density at radius 2 is 0.371 bits per heavy atom. The Morgan fingerprint density at radius 3 is 0.576 bits per heavy atom. The van der Waals surface area contributed by atoms with Gasteiger partial charge in [0.05, 0.1) is 59.1 Å². The minimum atomic E-state index is -3.38. The van der Waals surface area contributed by atoms with Crippen LogP contribution in [0.15, 0.2) is 127 Å². The summed E-state index contributed by atoms with van der Waals surface area (Å²) in [6, 6.07) is 46.7. The highest BCUT2D eigenvalue weighted by Crippen LogP contribution is 2.37. The van der Waals surface area contributed by atoms with Crippen LogP contribution in [0.2, 0.25) is 0 Å². The first-order valence-electron chi connectivity index (χ1n) is 54.0. The summed E-state index contributed by atoms with van der Waals surface area (Å²) in [4.78, 5) is 16.7. The summed E-state index contributed by atoms with van der Waals surface area (Å²) in [6.07, 6.45) is 70.8. The number of hydrogen-bond acceptors (Lipinski definition) is 10. The highest BCUT2D eigenvalue weighted by molar-refractivity contribution is 7.86. The lowest BCUT2D eigenvalue weighted by molar-refractivity contribution is 0.289. The lowest BCUT2D eigenvalue weighted by atomic mass is 10.0. The van der Waals surface area contributed by atoms with Gasteiger partial charge in [-0.05, 0) is 171 Å². The number of aromatic amines is 4. The summed E-state index contributed by atoms with van der Waals surface area (Å²) in [5.74, 6) is 5.65. The summed E-state index contributed by atoms with van der Waals surface area (Å²) in [7, 11) is -3.38. The average molecular weight is 1830 g/mol. The van der Waals surface area contributed by atoms with E-state index >= 15 is 0 Å². The third kappa shape index (κ3) is 42.1. The second-order valence-electron chi connectivity index (χ2n) is 38.1. The Kier molecular flexibility index (Phi) is 54.2. The van der Waals surface area contributed by atoms with E-state index in [0.29, 0.717) is 46.2 Å². The van der Waals surface area contributed by atoms with Crippen molar-refractivity contribution in [1.82, 2.24) is 19.9 Å². The Bertz CT molecular complexity index is 4640. The minimum Gasteiger partial charge on any atom is -0.494 e. The monoisotopic (exact) mass is 1830 g/mol. The van der Waals surface area contributed by atoms with E-state index in [1.54, 1.807) is 0 Å². The first kappa shape index (κ1) is 108. The highest BCUT2D eigenvalue weighted by Gasteiger charge is 2.23. The van der Waals surface area contributed by atoms with Gasteiger partial charge in [-0.1, -0.05) is 375 Å². The molecule has 732 valence electrons. The van der Waals surface area contributed by atoms with Crippen LogP contribution in [0, 0.1) is 0 Å². The van der Waals surface area contributed by atoms with Gasteiger partial charge in [0.15, 0.2) is 0 Å². The van der Waals surface area contributed by atoms with Gasteiger partial charge in [0, 0.05) is 84.7 Å². The zero-order chi connectivity index (χ0) is 92.8. The minimum absolute atomic E-state index is 0.276. The molecule has 8 aromatic rings. The summed E-state index contributed by atoms with van der Waals surface area (Å²) < 4.78 is 76.0. The molecule has 14 nitrogen and oxygen atoms in total. The van der Waals surface area contributed by atoms with Gasteiger partial charge in [-0.3, -0.25) is 4.18 Å². The number of rotatable bonds is 79. The summed E-state index contributed by atoms with van der Waals surface area (Å²) in [6.45, 7) is 18.4. The number of hydrogen-bond donors (Lipinski definition) is 4. The molecule has 4 aromatic carbocycles. The molecule has 0 atom stereocenters. The molecule has 15 heteroatoms. The second-order valence-corrected chi connectivity index (χ2v) is 39.7. The number of ether oxygens (including phenoxy) is 7. The van der Waals surface area contributed by atoms with Crippen molar-refractivity contribution < 1.29 is 45.8 Å². The van der Waals surface area contributed by atoms with Gasteiger partial charge in [0.25, 0.3) is 10.1 Å². The largest absolute Gasteiger partial charge is 0.494 e.